The molecule has 0 aliphatic carbocycles. The molecule has 1 aliphatic rings. The molecule has 6 nitrogen and oxygen atoms in total. The number of para-hydroxylation sites is 1. The summed E-state index contributed by atoms with van der Waals surface area (Å²) in [5, 5.41) is 14.1. The van der Waals surface area contributed by atoms with Gasteiger partial charge in [-0.2, -0.15) is 0 Å². The highest BCUT2D eigenvalue weighted by Crippen LogP contribution is 2.36. The van der Waals surface area contributed by atoms with Crippen LogP contribution in [0.15, 0.2) is 40.9 Å². The van der Waals surface area contributed by atoms with Crippen molar-refractivity contribution in [3.63, 3.8) is 0 Å². The maximum Gasteiger partial charge on any atom is 0.285 e. The van der Waals surface area contributed by atoms with Crippen molar-refractivity contribution in [2.24, 2.45) is 0 Å². The summed E-state index contributed by atoms with van der Waals surface area (Å²) in [6.07, 6.45) is 0. The lowest BCUT2D eigenvalue weighted by Crippen LogP contribution is -2.02. The maximum atomic E-state index is 10.9. The van der Waals surface area contributed by atoms with E-state index in [-0.39, 0.29) is 12.5 Å². The molecule has 3 rings (SSSR count). The average Bonchev–Trinajstić information content (AvgIpc) is 2.95. The van der Waals surface area contributed by atoms with E-state index in [1.54, 1.807) is 12.1 Å². The van der Waals surface area contributed by atoms with Gasteiger partial charge >= 0.3 is 0 Å². The first-order valence-electron chi connectivity index (χ1n) is 6.20. The van der Waals surface area contributed by atoms with Crippen LogP contribution in [0.1, 0.15) is 5.56 Å². The maximum absolute atomic E-state index is 10.9. The molecule has 0 bridgehead atoms. The van der Waals surface area contributed by atoms with Crippen LogP contribution in [0.4, 0.5) is 11.4 Å². The van der Waals surface area contributed by atoms with Gasteiger partial charge in [-0.05, 0) is 34.1 Å². The number of fused-ring (bicyclic) bond motifs is 1. The highest BCUT2D eigenvalue weighted by atomic mass is 79.9. The number of nitrogens with zero attached hydrogens (tertiary/aromatic N) is 1. The number of hydrogen-bond donors (Lipinski definition) is 1. The van der Waals surface area contributed by atoms with Gasteiger partial charge in [0.1, 0.15) is 0 Å². The Labute approximate surface area is 129 Å². The summed E-state index contributed by atoms with van der Waals surface area (Å²) >= 11 is 3.16. The lowest BCUT2D eigenvalue weighted by molar-refractivity contribution is -0.385. The van der Waals surface area contributed by atoms with Gasteiger partial charge in [0.15, 0.2) is 11.5 Å². The summed E-state index contributed by atoms with van der Waals surface area (Å²) in [5.41, 5.74) is 1.63. The molecule has 2 aromatic rings. The second kappa shape index (κ2) is 5.61. The van der Waals surface area contributed by atoms with Crippen molar-refractivity contribution in [3.8, 4) is 11.5 Å². The summed E-state index contributed by atoms with van der Waals surface area (Å²) < 4.78 is 11.2. The van der Waals surface area contributed by atoms with Crippen LogP contribution in [0.5, 0.6) is 11.5 Å². The highest BCUT2D eigenvalue weighted by molar-refractivity contribution is 9.10. The third-order valence-corrected chi connectivity index (χ3v) is 3.77. The predicted molar refractivity (Wildman–Crippen MR) is 80.7 cm³/mol. The molecule has 7 heteroatoms. The van der Waals surface area contributed by atoms with Crippen LogP contribution < -0.4 is 14.8 Å². The van der Waals surface area contributed by atoms with E-state index < -0.39 is 4.92 Å². The number of benzene rings is 2. The Morgan fingerprint density at radius 2 is 2.14 bits per heavy atom. The minimum absolute atomic E-state index is 0.0258. The lowest BCUT2D eigenvalue weighted by atomic mass is 10.2. The summed E-state index contributed by atoms with van der Waals surface area (Å²) in [6, 6.07) is 10.6. The summed E-state index contributed by atoms with van der Waals surface area (Å²) in [4.78, 5) is 10.5. The van der Waals surface area contributed by atoms with Crippen LogP contribution in [0, 0.1) is 10.1 Å². The van der Waals surface area contributed by atoms with Gasteiger partial charge in [-0.25, -0.2) is 0 Å². The molecule has 1 aliphatic heterocycles. The fourth-order valence-corrected chi connectivity index (χ4v) is 2.48. The molecule has 0 aromatic heterocycles. The zero-order valence-corrected chi connectivity index (χ0v) is 12.4. The van der Waals surface area contributed by atoms with Gasteiger partial charge in [0, 0.05) is 23.9 Å². The molecule has 21 heavy (non-hydrogen) atoms. The number of nitro benzene ring substituents is 1. The fraction of sp³-hybridized carbons (Fsp3) is 0.143. The molecule has 0 saturated heterocycles. The molecule has 0 radical (unpaired) electrons. The Balaban J connectivity index is 1.78. The minimum Gasteiger partial charge on any atom is -0.454 e. The Kier molecular flexibility index (Phi) is 3.66. The largest absolute Gasteiger partial charge is 0.454 e. The van der Waals surface area contributed by atoms with Gasteiger partial charge in [0.25, 0.3) is 5.69 Å². The number of halogens is 1. The van der Waals surface area contributed by atoms with E-state index in [1.165, 1.54) is 6.07 Å². The molecular weight excluding hydrogens is 340 g/mol. The van der Waals surface area contributed by atoms with E-state index in [1.807, 2.05) is 18.2 Å². The molecular formula is C14H11BrN2O4. The molecule has 0 amide bonds. The number of hydrogen-bond acceptors (Lipinski definition) is 5. The quantitative estimate of drug-likeness (QED) is 0.672. The van der Waals surface area contributed by atoms with Crippen molar-refractivity contribution < 1.29 is 14.4 Å². The number of ether oxygens (including phenoxy) is 2. The SMILES string of the molecule is O=[N+]([O-])c1cc(NCc2cccc3c2OCO3)ccc1Br. The van der Waals surface area contributed by atoms with E-state index in [2.05, 4.69) is 21.2 Å². The first-order valence-corrected chi connectivity index (χ1v) is 7.00. The molecule has 0 saturated carbocycles. The van der Waals surface area contributed by atoms with Crippen molar-refractivity contribution >= 4 is 27.3 Å². The van der Waals surface area contributed by atoms with Gasteiger partial charge in [-0.3, -0.25) is 10.1 Å². The summed E-state index contributed by atoms with van der Waals surface area (Å²) in [7, 11) is 0. The third kappa shape index (κ3) is 2.78. The van der Waals surface area contributed by atoms with Crippen molar-refractivity contribution in [2.45, 2.75) is 6.54 Å². The normalized spacial score (nSPS) is 12.2. The Morgan fingerprint density at radius 1 is 1.29 bits per heavy atom. The van der Waals surface area contributed by atoms with E-state index in [0.29, 0.717) is 16.7 Å². The van der Waals surface area contributed by atoms with Gasteiger partial charge in [-0.1, -0.05) is 12.1 Å². The molecule has 0 unspecified atom stereocenters. The van der Waals surface area contributed by atoms with Crippen molar-refractivity contribution in [1.82, 2.24) is 0 Å². The van der Waals surface area contributed by atoms with Gasteiger partial charge in [-0.15, -0.1) is 0 Å². The molecule has 1 N–H and O–H groups in total. The zero-order chi connectivity index (χ0) is 14.8. The van der Waals surface area contributed by atoms with Gasteiger partial charge in [0.05, 0.1) is 9.40 Å². The minimum atomic E-state index is -0.424. The molecule has 108 valence electrons. The van der Waals surface area contributed by atoms with Crippen LogP contribution in [-0.4, -0.2) is 11.7 Å². The number of anilines is 1. The molecule has 2 aromatic carbocycles. The Morgan fingerprint density at radius 3 is 2.95 bits per heavy atom. The zero-order valence-electron chi connectivity index (χ0n) is 10.8. The highest BCUT2D eigenvalue weighted by Gasteiger charge is 2.17. The Bertz CT molecular complexity index is 705. The molecule has 0 atom stereocenters. The fourth-order valence-electron chi connectivity index (χ4n) is 2.09. The van der Waals surface area contributed by atoms with E-state index in [0.717, 1.165) is 17.1 Å². The average molecular weight is 351 g/mol. The summed E-state index contributed by atoms with van der Waals surface area (Å²) in [6.45, 7) is 0.710. The number of nitrogens with one attached hydrogen (secondary N) is 1. The van der Waals surface area contributed by atoms with Crippen LogP contribution in [0.25, 0.3) is 0 Å². The molecule has 1 heterocycles. The molecule has 0 spiro atoms. The first kappa shape index (κ1) is 13.7. The molecule has 0 fully saturated rings. The summed E-state index contributed by atoms with van der Waals surface area (Å²) in [5.74, 6) is 1.44. The monoisotopic (exact) mass is 350 g/mol. The Hall–Kier alpha value is -2.28. The third-order valence-electron chi connectivity index (χ3n) is 3.10. The number of nitro groups is 1. The second-order valence-electron chi connectivity index (χ2n) is 4.43. The van der Waals surface area contributed by atoms with Gasteiger partial charge < -0.3 is 14.8 Å². The van der Waals surface area contributed by atoms with Crippen molar-refractivity contribution in [2.75, 3.05) is 12.1 Å². The first-order chi connectivity index (χ1) is 10.1. The number of rotatable bonds is 4. The van der Waals surface area contributed by atoms with E-state index in [9.17, 15) is 10.1 Å². The van der Waals surface area contributed by atoms with Crippen molar-refractivity contribution in [3.05, 3.63) is 56.5 Å². The lowest BCUT2D eigenvalue weighted by Gasteiger charge is -2.09. The topological polar surface area (TPSA) is 73.6 Å². The predicted octanol–water partition coefficient (Wildman–Crippen LogP) is 3.70. The second-order valence-corrected chi connectivity index (χ2v) is 5.28. The van der Waals surface area contributed by atoms with Crippen LogP contribution >= 0.6 is 15.9 Å². The van der Waals surface area contributed by atoms with Crippen LogP contribution in [0.3, 0.4) is 0 Å². The van der Waals surface area contributed by atoms with E-state index in [4.69, 9.17) is 9.47 Å². The standard InChI is InChI=1S/C14H11BrN2O4/c15-11-5-4-10(6-12(11)17(18)19)16-7-9-2-1-3-13-14(9)21-8-20-13/h1-6,16H,7-8H2. The van der Waals surface area contributed by atoms with Crippen molar-refractivity contribution in [1.29, 1.82) is 0 Å². The van der Waals surface area contributed by atoms with Crippen LogP contribution in [0.2, 0.25) is 0 Å². The van der Waals surface area contributed by atoms with E-state index >= 15 is 0 Å². The van der Waals surface area contributed by atoms with Crippen LogP contribution in [-0.2, 0) is 6.54 Å². The smallest absolute Gasteiger partial charge is 0.285 e. The van der Waals surface area contributed by atoms with Gasteiger partial charge in [0.2, 0.25) is 6.79 Å².